The van der Waals surface area contributed by atoms with E-state index in [0.717, 1.165) is 0 Å². The van der Waals surface area contributed by atoms with Crippen molar-refractivity contribution in [2.24, 2.45) is 5.92 Å². The molecule has 0 saturated carbocycles. The van der Waals surface area contributed by atoms with E-state index in [1.54, 1.807) is 42.5 Å². The lowest BCUT2D eigenvalue weighted by Gasteiger charge is -2.31. The van der Waals surface area contributed by atoms with Gasteiger partial charge in [-0.25, -0.2) is 21.1 Å². The highest BCUT2D eigenvalue weighted by Gasteiger charge is 2.33. The minimum Gasteiger partial charge on any atom is -0.326 e. The molecule has 0 aromatic heterocycles. The number of amides is 1. The van der Waals surface area contributed by atoms with Gasteiger partial charge in [-0.2, -0.15) is 0 Å². The lowest BCUT2D eigenvalue weighted by Crippen LogP contribution is -2.44. The molecule has 1 heterocycles. The predicted octanol–water partition coefficient (Wildman–Crippen LogP) is 4.97. The van der Waals surface area contributed by atoms with Gasteiger partial charge in [-0.05, 0) is 66.9 Å². The lowest BCUT2D eigenvalue weighted by atomic mass is 9.99. The number of hydrogen-bond acceptors (Lipinski definition) is 5. The average molecular weight is 583 g/mol. The van der Waals surface area contributed by atoms with Crippen molar-refractivity contribution in [1.29, 1.82) is 0 Å². The van der Waals surface area contributed by atoms with Crippen LogP contribution in [-0.4, -0.2) is 40.1 Å². The molecule has 1 fully saturated rings. The summed E-state index contributed by atoms with van der Waals surface area (Å²) in [5, 5.41) is 3.45. The largest absolute Gasteiger partial charge is 0.326 e. The van der Waals surface area contributed by atoms with Crippen molar-refractivity contribution in [1.82, 2.24) is 4.31 Å². The molecular weight excluding hydrogens is 557 g/mol. The Morgan fingerprint density at radius 2 is 1.62 bits per heavy atom. The number of hydrogen-bond donors (Lipinski definition) is 2. The molecule has 8 nitrogen and oxygen atoms in total. The van der Waals surface area contributed by atoms with E-state index in [1.165, 1.54) is 34.6 Å². The first-order valence-corrected chi connectivity index (χ1v) is 15.3. The molecule has 37 heavy (non-hydrogen) atoms. The van der Waals surface area contributed by atoms with Gasteiger partial charge in [0.25, 0.3) is 10.0 Å². The van der Waals surface area contributed by atoms with Gasteiger partial charge in [-0.1, -0.05) is 47.5 Å². The quantitative estimate of drug-likeness (QED) is 0.389. The highest BCUT2D eigenvalue weighted by molar-refractivity contribution is 7.92. The Bertz CT molecular complexity index is 1480. The van der Waals surface area contributed by atoms with E-state index < -0.39 is 26.0 Å². The number of para-hydroxylation sites is 1. The van der Waals surface area contributed by atoms with E-state index >= 15 is 0 Å². The summed E-state index contributed by atoms with van der Waals surface area (Å²) < 4.78 is 55.1. The van der Waals surface area contributed by atoms with E-state index in [2.05, 4.69) is 10.0 Å². The summed E-state index contributed by atoms with van der Waals surface area (Å²) in [4.78, 5) is 13.0. The fraction of sp³-hybridized carbons (Fsp3) is 0.240. The summed E-state index contributed by atoms with van der Waals surface area (Å²) in [7, 11) is -7.49. The smallest absolute Gasteiger partial charge is 0.261 e. The molecule has 1 aliphatic rings. The molecule has 0 spiro atoms. The number of piperidine rings is 1. The Morgan fingerprint density at radius 3 is 2.30 bits per heavy atom. The van der Waals surface area contributed by atoms with Gasteiger partial charge >= 0.3 is 0 Å². The SMILES string of the molecule is O=C(Nc1ccc(S(=O)(=O)Nc2ccccc2)cc1)C1CCCN(S(=O)(=O)Cc2ccc(Cl)cc2Cl)C1. The number of nitrogens with one attached hydrogen (secondary N) is 2. The first-order valence-electron chi connectivity index (χ1n) is 11.4. The molecule has 3 aromatic carbocycles. The third-order valence-electron chi connectivity index (χ3n) is 5.96. The molecule has 3 aromatic rings. The van der Waals surface area contributed by atoms with Gasteiger partial charge in [0, 0.05) is 34.5 Å². The molecule has 4 rings (SSSR count). The Labute approximate surface area is 226 Å². The standard InChI is InChI=1S/C25H25Cl2N3O5S2/c26-20-9-8-19(24(27)15-20)17-36(32,33)30-14-4-5-18(16-30)25(31)28-21-10-12-23(13-11-21)37(34,35)29-22-6-2-1-3-7-22/h1-3,6-13,15,18,29H,4-5,14,16-17H2,(H,28,31). The van der Waals surface area contributed by atoms with Crippen molar-refractivity contribution in [2.45, 2.75) is 23.5 Å². The number of sulfonamides is 2. The maximum Gasteiger partial charge on any atom is 0.261 e. The van der Waals surface area contributed by atoms with Crippen molar-refractivity contribution in [3.63, 3.8) is 0 Å². The third kappa shape index (κ3) is 7.03. The minimum absolute atomic E-state index is 0.0464. The normalized spacial score (nSPS) is 16.8. The second-order valence-corrected chi connectivity index (χ2v) is 13.2. The van der Waals surface area contributed by atoms with Crippen LogP contribution in [0.1, 0.15) is 18.4 Å². The summed E-state index contributed by atoms with van der Waals surface area (Å²) in [6.07, 6.45) is 1.07. The monoisotopic (exact) mass is 581 g/mol. The molecule has 2 N–H and O–H groups in total. The summed E-state index contributed by atoms with van der Waals surface area (Å²) in [5.74, 6) is -1.17. The molecule has 0 radical (unpaired) electrons. The van der Waals surface area contributed by atoms with Crippen LogP contribution in [0.2, 0.25) is 10.0 Å². The van der Waals surface area contributed by atoms with Crippen molar-refractivity contribution >= 4 is 60.5 Å². The van der Waals surface area contributed by atoms with Gasteiger partial charge in [0.05, 0.1) is 16.6 Å². The van der Waals surface area contributed by atoms with Crippen LogP contribution in [0.15, 0.2) is 77.7 Å². The fourth-order valence-corrected chi connectivity index (χ4v) is 7.27. The fourth-order valence-electron chi connectivity index (χ4n) is 4.02. The average Bonchev–Trinajstić information content (AvgIpc) is 2.86. The second kappa shape index (κ2) is 11.4. The van der Waals surface area contributed by atoms with Crippen LogP contribution in [0.5, 0.6) is 0 Å². The number of rotatable bonds is 8. The zero-order valence-electron chi connectivity index (χ0n) is 19.6. The van der Waals surface area contributed by atoms with Crippen LogP contribution in [0.25, 0.3) is 0 Å². The topological polar surface area (TPSA) is 113 Å². The highest BCUT2D eigenvalue weighted by Crippen LogP contribution is 2.27. The zero-order chi connectivity index (χ0) is 26.6. The van der Waals surface area contributed by atoms with Crippen LogP contribution < -0.4 is 10.0 Å². The molecule has 196 valence electrons. The predicted molar refractivity (Wildman–Crippen MR) is 146 cm³/mol. The van der Waals surface area contributed by atoms with Crippen molar-refractivity contribution < 1.29 is 21.6 Å². The summed E-state index contributed by atoms with van der Waals surface area (Å²) in [6, 6.07) is 19.0. The first kappa shape index (κ1) is 27.4. The van der Waals surface area contributed by atoms with Crippen LogP contribution >= 0.6 is 23.2 Å². The van der Waals surface area contributed by atoms with Gasteiger partial charge < -0.3 is 5.32 Å². The number of benzene rings is 3. The Morgan fingerprint density at radius 1 is 0.919 bits per heavy atom. The summed E-state index contributed by atoms with van der Waals surface area (Å²) in [6.45, 7) is 0.366. The molecule has 0 bridgehead atoms. The third-order valence-corrected chi connectivity index (χ3v) is 9.74. The van der Waals surface area contributed by atoms with Crippen molar-refractivity contribution in [3.05, 3.63) is 88.4 Å². The van der Waals surface area contributed by atoms with Gasteiger partial charge in [0.1, 0.15) is 0 Å². The molecular formula is C25H25Cl2N3O5S2. The minimum atomic E-state index is -3.79. The number of anilines is 2. The molecule has 1 saturated heterocycles. The molecule has 12 heteroatoms. The van der Waals surface area contributed by atoms with Crippen LogP contribution in [0, 0.1) is 5.92 Å². The number of halogens is 2. The molecule has 1 aliphatic heterocycles. The van der Waals surface area contributed by atoms with Gasteiger partial charge in [-0.3, -0.25) is 9.52 Å². The Balaban J connectivity index is 1.38. The zero-order valence-corrected chi connectivity index (χ0v) is 22.7. The number of nitrogens with zero attached hydrogens (tertiary/aromatic N) is 1. The Kier molecular flexibility index (Phi) is 8.45. The van der Waals surface area contributed by atoms with E-state index in [9.17, 15) is 21.6 Å². The van der Waals surface area contributed by atoms with Crippen molar-refractivity contribution in [2.75, 3.05) is 23.1 Å². The highest BCUT2D eigenvalue weighted by atomic mass is 35.5. The van der Waals surface area contributed by atoms with E-state index in [4.69, 9.17) is 23.2 Å². The van der Waals surface area contributed by atoms with E-state index in [-0.39, 0.29) is 28.1 Å². The lowest BCUT2D eigenvalue weighted by molar-refractivity contribution is -0.120. The van der Waals surface area contributed by atoms with Crippen LogP contribution in [0.3, 0.4) is 0 Å². The van der Waals surface area contributed by atoms with E-state index in [0.29, 0.717) is 41.3 Å². The summed E-state index contributed by atoms with van der Waals surface area (Å²) in [5.41, 5.74) is 1.29. The van der Waals surface area contributed by atoms with Gasteiger partial charge in [0.15, 0.2) is 0 Å². The van der Waals surface area contributed by atoms with E-state index in [1.807, 2.05) is 0 Å². The van der Waals surface area contributed by atoms with Gasteiger partial charge in [0.2, 0.25) is 15.9 Å². The summed E-state index contributed by atoms with van der Waals surface area (Å²) >= 11 is 12.0. The number of carbonyl (C=O) groups is 1. The maximum atomic E-state index is 13.0. The van der Waals surface area contributed by atoms with Crippen molar-refractivity contribution in [3.8, 4) is 0 Å². The molecule has 1 amide bonds. The first-order chi connectivity index (χ1) is 17.5. The molecule has 0 aliphatic carbocycles. The Hall–Kier alpha value is -2.63. The van der Waals surface area contributed by atoms with Crippen LogP contribution in [-0.2, 0) is 30.6 Å². The molecule has 1 unspecified atom stereocenters. The number of carbonyl (C=O) groups excluding carboxylic acids is 1. The van der Waals surface area contributed by atoms with Gasteiger partial charge in [-0.15, -0.1) is 0 Å². The van der Waals surface area contributed by atoms with Crippen LogP contribution in [0.4, 0.5) is 11.4 Å². The molecule has 1 atom stereocenters. The maximum absolute atomic E-state index is 13.0. The second-order valence-electron chi connectivity index (χ2n) is 8.67.